The lowest BCUT2D eigenvalue weighted by Crippen LogP contribution is -2.20. The van der Waals surface area contributed by atoms with Gasteiger partial charge in [-0.3, -0.25) is 0 Å². The smallest absolute Gasteiger partial charge is 0.360 e. The summed E-state index contributed by atoms with van der Waals surface area (Å²) in [5.74, 6) is -0.620. The minimum Gasteiger partial charge on any atom is -0.464 e. The lowest BCUT2D eigenvalue weighted by Gasteiger charge is -2.12. The number of methoxy groups -OCH3 is 1. The topological polar surface area (TPSA) is 119 Å². The lowest BCUT2D eigenvalue weighted by molar-refractivity contribution is -0.132. The van der Waals surface area contributed by atoms with Crippen molar-refractivity contribution in [1.82, 2.24) is 0 Å². The third-order valence-corrected chi connectivity index (χ3v) is 3.39. The number of aryl methyl sites for hydroxylation is 1. The summed E-state index contributed by atoms with van der Waals surface area (Å²) in [6, 6.07) is 5.39. The number of allylic oxidation sites excluding steroid dienone is 1. The number of esters is 1. The molecule has 1 aromatic rings. The highest BCUT2D eigenvalue weighted by atomic mass is 16.6. The quantitative estimate of drug-likeness (QED) is 0.411. The summed E-state index contributed by atoms with van der Waals surface area (Å²) in [5.41, 5.74) is 8.49. The SMILES string of the molecule is CC.CO/N=C(/C(=O)OC)c1cccc(C)c1CO/N=C(C)/C(C=N)=C/N. The van der Waals surface area contributed by atoms with Crippen molar-refractivity contribution in [3.8, 4) is 0 Å². The van der Waals surface area contributed by atoms with E-state index in [2.05, 4.69) is 10.3 Å². The average molecular weight is 376 g/mol. The van der Waals surface area contributed by atoms with E-state index in [-0.39, 0.29) is 12.3 Å². The van der Waals surface area contributed by atoms with Crippen LogP contribution in [0.15, 0.2) is 40.3 Å². The molecule has 0 fully saturated rings. The Morgan fingerprint density at radius 3 is 2.44 bits per heavy atom. The molecule has 148 valence electrons. The minimum absolute atomic E-state index is 0.0371. The van der Waals surface area contributed by atoms with E-state index in [1.807, 2.05) is 26.8 Å². The summed E-state index contributed by atoms with van der Waals surface area (Å²) < 4.78 is 4.75. The Bertz CT molecular complexity index is 724. The molecule has 0 aliphatic heterocycles. The van der Waals surface area contributed by atoms with Crippen molar-refractivity contribution in [2.24, 2.45) is 16.0 Å². The fraction of sp³-hybridized carbons (Fsp3) is 0.368. The molecule has 0 unspecified atom stereocenters. The van der Waals surface area contributed by atoms with Gasteiger partial charge < -0.3 is 25.6 Å². The molecule has 27 heavy (non-hydrogen) atoms. The summed E-state index contributed by atoms with van der Waals surface area (Å²) in [7, 11) is 2.62. The van der Waals surface area contributed by atoms with Crippen molar-refractivity contribution < 1.29 is 19.2 Å². The molecule has 0 heterocycles. The van der Waals surface area contributed by atoms with Gasteiger partial charge >= 0.3 is 5.97 Å². The summed E-state index contributed by atoms with van der Waals surface area (Å²) in [6.07, 6.45) is 2.36. The zero-order valence-corrected chi connectivity index (χ0v) is 16.7. The molecule has 0 spiro atoms. The molecule has 0 amide bonds. The van der Waals surface area contributed by atoms with E-state index in [9.17, 15) is 4.79 Å². The number of nitrogens with two attached hydrogens (primary N) is 1. The number of oxime groups is 2. The van der Waals surface area contributed by atoms with E-state index >= 15 is 0 Å². The van der Waals surface area contributed by atoms with E-state index in [0.717, 1.165) is 11.8 Å². The monoisotopic (exact) mass is 376 g/mol. The van der Waals surface area contributed by atoms with Crippen molar-refractivity contribution in [3.05, 3.63) is 46.7 Å². The van der Waals surface area contributed by atoms with E-state index in [1.165, 1.54) is 20.4 Å². The molecular formula is C19H28N4O4. The van der Waals surface area contributed by atoms with Gasteiger partial charge in [0, 0.05) is 29.1 Å². The Kier molecular flexibility index (Phi) is 11.6. The van der Waals surface area contributed by atoms with Gasteiger partial charge in [0.15, 0.2) is 5.71 Å². The Morgan fingerprint density at radius 1 is 1.26 bits per heavy atom. The first-order chi connectivity index (χ1) is 13.0. The largest absolute Gasteiger partial charge is 0.464 e. The average Bonchev–Trinajstić information content (AvgIpc) is 2.69. The van der Waals surface area contributed by atoms with Crippen molar-refractivity contribution in [2.75, 3.05) is 14.2 Å². The summed E-state index contributed by atoms with van der Waals surface area (Å²) in [5, 5.41) is 14.9. The highest BCUT2D eigenvalue weighted by Gasteiger charge is 2.20. The molecule has 0 aromatic heterocycles. The molecule has 1 aromatic carbocycles. The number of nitrogens with zero attached hydrogens (tertiary/aromatic N) is 2. The van der Waals surface area contributed by atoms with Crippen LogP contribution in [-0.4, -0.2) is 37.8 Å². The number of nitrogens with one attached hydrogen (secondary N) is 1. The van der Waals surface area contributed by atoms with Gasteiger partial charge in [0.25, 0.3) is 0 Å². The van der Waals surface area contributed by atoms with Crippen molar-refractivity contribution in [1.29, 1.82) is 5.41 Å². The van der Waals surface area contributed by atoms with Crippen LogP contribution >= 0.6 is 0 Å². The van der Waals surface area contributed by atoms with Gasteiger partial charge in [-0.05, 0) is 19.4 Å². The van der Waals surface area contributed by atoms with Gasteiger partial charge in [-0.1, -0.05) is 42.4 Å². The van der Waals surface area contributed by atoms with Crippen LogP contribution in [0.4, 0.5) is 0 Å². The van der Waals surface area contributed by atoms with Crippen LogP contribution < -0.4 is 5.73 Å². The van der Waals surface area contributed by atoms with Gasteiger partial charge in [-0.2, -0.15) is 0 Å². The van der Waals surface area contributed by atoms with Crippen LogP contribution in [0.3, 0.4) is 0 Å². The predicted molar refractivity (Wildman–Crippen MR) is 107 cm³/mol. The van der Waals surface area contributed by atoms with Crippen LogP contribution in [0.1, 0.15) is 37.5 Å². The Balaban J connectivity index is 0.00000326. The number of ether oxygens (including phenoxy) is 1. The molecule has 0 saturated carbocycles. The first-order valence-corrected chi connectivity index (χ1v) is 8.37. The zero-order valence-electron chi connectivity index (χ0n) is 16.7. The summed E-state index contributed by atoms with van der Waals surface area (Å²) >= 11 is 0. The van der Waals surface area contributed by atoms with Crippen LogP contribution in [0.5, 0.6) is 0 Å². The Hall–Kier alpha value is -3.16. The van der Waals surface area contributed by atoms with E-state index in [0.29, 0.717) is 22.4 Å². The van der Waals surface area contributed by atoms with Crippen molar-refractivity contribution in [2.45, 2.75) is 34.3 Å². The second-order valence-corrected chi connectivity index (χ2v) is 4.93. The number of carbonyl (C=O) groups excluding carboxylic acids is 1. The highest BCUT2D eigenvalue weighted by Crippen LogP contribution is 2.18. The van der Waals surface area contributed by atoms with Gasteiger partial charge in [0.1, 0.15) is 13.7 Å². The molecule has 8 heteroatoms. The second-order valence-electron chi connectivity index (χ2n) is 4.93. The normalized spacial score (nSPS) is 11.9. The molecule has 0 saturated heterocycles. The molecule has 0 atom stereocenters. The maximum absolute atomic E-state index is 12.0. The summed E-state index contributed by atoms with van der Waals surface area (Å²) in [4.78, 5) is 22.1. The van der Waals surface area contributed by atoms with Crippen molar-refractivity contribution >= 4 is 23.6 Å². The van der Waals surface area contributed by atoms with Crippen LogP contribution in [0.2, 0.25) is 0 Å². The third-order valence-electron chi connectivity index (χ3n) is 3.39. The van der Waals surface area contributed by atoms with Crippen molar-refractivity contribution in [3.63, 3.8) is 0 Å². The van der Waals surface area contributed by atoms with E-state index < -0.39 is 5.97 Å². The third kappa shape index (κ3) is 6.93. The molecule has 3 N–H and O–H groups in total. The Morgan fingerprint density at radius 2 is 1.93 bits per heavy atom. The lowest BCUT2D eigenvalue weighted by atomic mass is 9.99. The van der Waals surface area contributed by atoms with E-state index in [4.69, 9.17) is 25.6 Å². The van der Waals surface area contributed by atoms with Crippen LogP contribution in [-0.2, 0) is 25.8 Å². The van der Waals surface area contributed by atoms with Crippen LogP contribution in [0.25, 0.3) is 0 Å². The van der Waals surface area contributed by atoms with E-state index in [1.54, 1.807) is 19.1 Å². The molecule has 0 aliphatic carbocycles. The number of benzene rings is 1. The summed E-state index contributed by atoms with van der Waals surface area (Å²) in [6.45, 7) is 7.65. The van der Waals surface area contributed by atoms with Gasteiger partial charge in [0.2, 0.25) is 0 Å². The number of rotatable bonds is 8. The fourth-order valence-electron chi connectivity index (χ4n) is 2.02. The molecule has 1 rings (SSSR count). The first kappa shape index (κ1) is 23.8. The van der Waals surface area contributed by atoms with Gasteiger partial charge in [-0.15, -0.1) is 0 Å². The molecule has 0 aliphatic rings. The maximum Gasteiger partial charge on any atom is 0.360 e. The van der Waals surface area contributed by atoms with Gasteiger partial charge in [-0.25, -0.2) is 4.79 Å². The second kappa shape index (κ2) is 13.1. The molecule has 0 radical (unpaired) electrons. The highest BCUT2D eigenvalue weighted by molar-refractivity contribution is 6.43. The molecular weight excluding hydrogens is 348 g/mol. The number of hydrogen-bond donors (Lipinski definition) is 2. The first-order valence-electron chi connectivity index (χ1n) is 8.37. The predicted octanol–water partition coefficient (Wildman–Crippen LogP) is 2.93. The number of carbonyl (C=O) groups is 1. The van der Waals surface area contributed by atoms with Gasteiger partial charge in [0.05, 0.1) is 12.8 Å². The maximum atomic E-state index is 12.0. The molecule has 8 nitrogen and oxygen atoms in total. The minimum atomic E-state index is -0.620. The zero-order chi connectivity index (χ0) is 20.8. The number of hydrogen-bond acceptors (Lipinski definition) is 8. The standard InChI is InChI=1S/C17H22N4O4.C2H6/c1-11-6-5-7-14(16(21-24-4)17(22)23-3)15(11)10-25-20-12(2)13(8-18)9-19;1-2/h5-9,18H,10,19H2,1-4H3;1-2H3/b13-9+,18-8?,20-12+,21-16+;. The van der Waals surface area contributed by atoms with Crippen LogP contribution in [0, 0.1) is 12.3 Å². The Labute approximate surface area is 160 Å². The fourth-order valence-corrected chi connectivity index (χ4v) is 2.02. The molecule has 0 bridgehead atoms.